The highest BCUT2D eigenvalue weighted by atomic mass is 16.5. The fourth-order valence-electron chi connectivity index (χ4n) is 3.21. The second-order valence-corrected chi connectivity index (χ2v) is 5.88. The molecule has 3 amide bonds. The fraction of sp³-hybridized carbons (Fsp3) is 0.375. The van der Waals surface area contributed by atoms with E-state index in [4.69, 9.17) is 4.74 Å². The summed E-state index contributed by atoms with van der Waals surface area (Å²) in [6.07, 6.45) is -1.32. The zero-order chi connectivity index (χ0) is 18.3. The Bertz CT molecular complexity index is 764. The van der Waals surface area contributed by atoms with Crippen LogP contribution in [0.25, 0.3) is 0 Å². The Morgan fingerprint density at radius 1 is 1.32 bits per heavy atom. The molecule has 2 fully saturated rings. The number of carboxylic acid groups (broad SMARTS) is 1. The first-order valence-electron chi connectivity index (χ1n) is 7.62. The minimum Gasteiger partial charge on any atom is -0.497 e. The van der Waals surface area contributed by atoms with E-state index in [1.165, 1.54) is 20.1 Å². The van der Waals surface area contributed by atoms with Gasteiger partial charge < -0.3 is 25.0 Å². The van der Waals surface area contributed by atoms with Crippen molar-refractivity contribution >= 4 is 23.7 Å². The van der Waals surface area contributed by atoms with Gasteiger partial charge in [0, 0.05) is 19.0 Å². The Labute approximate surface area is 143 Å². The summed E-state index contributed by atoms with van der Waals surface area (Å²) in [5.74, 6) is -2.19. The maximum Gasteiger partial charge on any atom is 0.347 e. The van der Waals surface area contributed by atoms with Gasteiger partial charge in [-0.15, -0.1) is 0 Å². The van der Waals surface area contributed by atoms with Gasteiger partial charge in [0.1, 0.15) is 11.8 Å². The van der Waals surface area contributed by atoms with Crippen LogP contribution < -0.4 is 10.1 Å². The van der Waals surface area contributed by atoms with Crippen molar-refractivity contribution in [2.45, 2.75) is 25.2 Å². The molecule has 1 aromatic rings. The molecule has 132 valence electrons. The zero-order valence-electron chi connectivity index (χ0n) is 13.6. The molecule has 1 aromatic carbocycles. The molecule has 2 aliphatic heterocycles. The molecule has 9 nitrogen and oxygen atoms in total. The highest BCUT2D eigenvalue weighted by Gasteiger charge is 2.60. The monoisotopic (exact) mass is 347 g/mol. The van der Waals surface area contributed by atoms with Crippen LogP contribution in [0.4, 0.5) is 0 Å². The van der Waals surface area contributed by atoms with Crippen LogP contribution >= 0.6 is 0 Å². The lowest BCUT2D eigenvalue weighted by Gasteiger charge is -2.43. The molecule has 0 aromatic heterocycles. The van der Waals surface area contributed by atoms with E-state index in [0.717, 1.165) is 9.80 Å². The molecule has 0 radical (unpaired) electrons. The molecular weight excluding hydrogens is 330 g/mol. The quantitative estimate of drug-likeness (QED) is 0.694. The molecule has 0 saturated carbocycles. The number of β-lactam (4-membered cyclic amide) rings is 1. The topological polar surface area (TPSA) is 116 Å². The van der Waals surface area contributed by atoms with Crippen LogP contribution in [0, 0.1) is 0 Å². The number of carbonyl (C=O) groups is 4. The molecule has 0 aliphatic carbocycles. The molecular formula is C16H17N3O6. The molecule has 2 unspecified atom stereocenters. The van der Waals surface area contributed by atoms with Gasteiger partial charge in [-0.2, -0.15) is 0 Å². The number of ether oxygens (including phenoxy) is 1. The smallest absolute Gasteiger partial charge is 0.347 e. The van der Waals surface area contributed by atoms with Crippen molar-refractivity contribution in [1.82, 2.24) is 15.1 Å². The minimum absolute atomic E-state index is 0.0705. The third kappa shape index (κ3) is 2.67. The Hall–Kier alpha value is -3.10. The lowest BCUT2D eigenvalue weighted by Crippen LogP contribution is -2.71. The van der Waals surface area contributed by atoms with Crippen molar-refractivity contribution in [2.24, 2.45) is 0 Å². The van der Waals surface area contributed by atoms with Crippen molar-refractivity contribution in [3.63, 3.8) is 0 Å². The lowest BCUT2D eigenvalue weighted by molar-refractivity contribution is -0.164. The number of aliphatic carboxylic acids is 1. The summed E-state index contributed by atoms with van der Waals surface area (Å²) < 4.78 is 5.06. The molecule has 0 spiro atoms. The molecule has 25 heavy (non-hydrogen) atoms. The summed E-state index contributed by atoms with van der Waals surface area (Å²) in [6, 6.07) is 5.04. The van der Waals surface area contributed by atoms with Gasteiger partial charge in [0.2, 0.25) is 18.0 Å². The first-order chi connectivity index (χ1) is 11.8. The zero-order valence-corrected chi connectivity index (χ0v) is 13.6. The fourth-order valence-corrected chi connectivity index (χ4v) is 3.21. The van der Waals surface area contributed by atoms with Crippen molar-refractivity contribution in [3.8, 4) is 5.75 Å². The summed E-state index contributed by atoms with van der Waals surface area (Å²) in [4.78, 5) is 49.9. The first-order valence-corrected chi connectivity index (χ1v) is 7.62. The standard InChI is InChI=1S/C16H17N3O6/c1-8(20)18-7-11-12(15(22)19(11)14(18)16(23)24)17-13(21)9-4-3-5-10(6-9)25-2/h3-6,11-12,14H,7H2,1-2H3,(H,17,21)(H,23,24)/t11?,12-,14?/m1/s1. The van der Waals surface area contributed by atoms with Crippen LogP contribution in [0.1, 0.15) is 17.3 Å². The summed E-state index contributed by atoms with van der Waals surface area (Å²) >= 11 is 0. The van der Waals surface area contributed by atoms with E-state index in [2.05, 4.69) is 5.32 Å². The van der Waals surface area contributed by atoms with Crippen molar-refractivity contribution in [1.29, 1.82) is 0 Å². The van der Waals surface area contributed by atoms with Crippen molar-refractivity contribution < 1.29 is 29.0 Å². The van der Waals surface area contributed by atoms with Gasteiger partial charge in [-0.05, 0) is 18.2 Å². The summed E-state index contributed by atoms with van der Waals surface area (Å²) in [5, 5.41) is 11.9. The average Bonchev–Trinajstić information content (AvgIpc) is 2.96. The van der Waals surface area contributed by atoms with E-state index in [-0.39, 0.29) is 6.54 Å². The molecule has 3 atom stereocenters. The predicted molar refractivity (Wildman–Crippen MR) is 83.7 cm³/mol. The largest absolute Gasteiger partial charge is 0.497 e. The lowest BCUT2D eigenvalue weighted by atomic mass is 9.96. The predicted octanol–water partition coefficient (Wildman–Crippen LogP) is -0.723. The number of rotatable bonds is 4. The van der Waals surface area contributed by atoms with Gasteiger partial charge >= 0.3 is 5.97 Å². The van der Waals surface area contributed by atoms with Crippen LogP contribution in [-0.4, -0.2) is 70.5 Å². The minimum atomic E-state index is -1.32. The van der Waals surface area contributed by atoms with Gasteiger partial charge in [-0.1, -0.05) is 6.07 Å². The number of hydrogen-bond donors (Lipinski definition) is 2. The van der Waals surface area contributed by atoms with E-state index in [0.29, 0.717) is 11.3 Å². The van der Waals surface area contributed by atoms with E-state index in [1.807, 2.05) is 0 Å². The summed E-state index contributed by atoms with van der Waals surface area (Å²) in [7, 11) is 1.48. The third-order valence-electron chi connectivity index (χ3n) is 4.45. The molecule has 0 bridgehead atoms. The number of benzene rings is 1. The van der Waals surface area contributed by atoms with Crippen LogP contribution in [0.3, 0.4) is 0 Å². The van der Waals surface area contributed by atoms with E-state index < -0.39 is 41.9 Å². The Morgan fingerprint density at radius 3 is 2.64 bits per heavy atom. The normalized spacial score (nSPS) is 24.4. The first kappa shape index (κ1) is 16.7. The Balaban J connectivity index is 1.75. The molecule has 2 heterocycles. The second-order valence-electron chi connectivity index (χ2n) is 5.88. The highest BCUT2D eigenvalue weighted by molar-refractivity contribution is 6.02. The van der Waals surface area contributed by atoms with Crippen LogP contribution in [0.2, 0.25) is 0 Å². The molecule has 2 aliphatic rings. The number of methoxy groups -OCH3 is 1. The molecule has 3 rings (SSSR count). The number of hydrogen-bond acceptors (Lipinski definition) is 5. The molecule has 9 heteroatoms. The Morgan fingerprint density at radius 2 is 2.04 bits per heavy atom. The van der Waals surface area contributed by atoms with Gasteiger partial charge in [0.05, 0.1) is 13.2 Å². The summed E-state index contributed by atoms with van der Waals surface area (Å²) in [6.45, 7) is 1.32. The highest BCUT2D eigenvalue weighted by Crippen LogP contribution is 2.33. The Kier molecular flexibility index (Phi) is 4.07. The number of carboxylic acids is 1. The van der Waals surface area contributed by atoms with Crippen LogP contribution in [0.15, 0.2) is 24.3 Å². The van der Waals surface area contributed by atoms with Crippen molar-refractivity contribution in [3.05, 3.63) is 29.8 Å². The van der Waals surface area contributed by atoms with Gasteiger partial charge in [0.15, 0.2) is 0 Å². The van der Waals surface area contributed by atoms with Crippen LogP contribution in [-0.2, 0) is 14.4 Å². The van der Waals surface area contributed by atoms with E-state index in [9.17, 15) is 24.3 Å². The number of amides is 3. The molecule has 2 saturated heterocycles. The number of nitrogens with one attached hydrogen (secondary N) is 1. The SMILES string of the molecule is COc1cccc(C(=O)N[C@H]2C(=O)N3C2CN(C(C)=O)C3C(=O)O)c1. The third-order valence-corrected chi connectivity index (χ3v) is 4.45. The number of nitrogens with zero attached hydrogens (tertiary/aromatic N) is 2. The maximum absolute atomic E-state index is 12.3. The van der Waals surface area contributed by atoms with Crippen LogP contribution in [0.5, 0.6) is 5.75 Å². The second kappa shape index (κ2) is 6.08. The van der Waals surface area contributed by atoms with Gasteiger partial charge in [-0.3, -0.25) is 14.4 Å². The number of fused-ring (bicyclic) bond motifs is 1. The summed E-state index contributed by atoms with van der Waals surface area (Å²) in [5.41, 5.74) is 0.321. The maximum atomic E-state index is 12.3. The van der Waals surface area contributed by atoms with Crippen molar-refractivity contribution in [2.75, 3.05) is 13.7 Å². The van der Waals surface area contributed by atoms with Gasteiger partial charge in [-0.25, -0.2) is 4.79 Å². The average molecular weight is 347 g/mol. The van der Waals surface area contributed by atoms with Gasteiger partial charge in [0.25, 0.3) is 5.91 Å². The molecule has 2 N–H and O–H groups in total. The number of carbonyl (C=O) groups excluding carboxylic acids is 3. The van der Waals surface area contributed by atoms with E-state index in [1.54, 1.807) is 18.2 Å². The van der Waals surface area contributed by atoms with E-state index >= 15 is 0 Å².